The second kappa shape index (κ2) is 8.98. The molecular formula is C32H35F3N2O4. The number of carbonyl (C=O) groups is 1. The monoisotopic (exact) mass is 568 g/mol. The van der Waals surface area contributed by atoms with Gasteiger partial charge in [-0.2, -0.15) is 13.2 Å². The molecule has 0 aromatic heterocycles. The van der Waals surface area contributed by atoms with Crippen molar-refractivity contribution in [1.82, 2.24) is 9.80 Å². The molecule has 6 nitrogen and oxygen atoms in total. The molecule has 3 fully saturated rings. The number of aromatic hydroxyl groups is 1. The molecule has 3 aliphatic carbocycles. The van der Waals surface area contributed by atoms with Crippen LogP contribution in [0.25, 0.3) is 6.08 Å². The number of hydrogen-bond donors (Lipinski definition) is 2. The van der Waals surface area contributed by atoms with E-state index in [1.807, 2.05) is 6.07 Å². The van der Waals surface area contributed by atoms with Crippen molar-refractivity contribution in [3.05, 3.63) is 64.7 Å². The quantitative estimate of drug-likeness (QED) is 0.509. The van der Waals surface area contributed by atoms with Gasteiger partial charge in [0.1, 0.15) is 6.10 Å². The summed E-state index contributed by atoms with van der Waals surface area (Å²) in [5, 5.41) is 23.7. The number of rotatable bonds is 5. The number of piperidine rings is 1. The predicted octanol–water partition coefficient (Wildman–Crippen LogP) is 4.76. The molecule has 41 heavy (non-hydrogen) atoms. The second-order valence-electron chi connectivity index (χ2n) is 12.8. The molecule has 1 saturated heterocycles. The zero-order valence-electron chi connectivity index (χ0n) is 23.2. The molecule has 6 atom stereocenters. The maximum absolute atomic E-state index is 13.5. The predicted molar refractivity (Wildman–Crippen MR) is 146 cm³/mol. The van der Waals surface area contributed by atoms with Gasteiger partial charge in [0.15, 0.2) is 11.5 Å². The minimum atomic E-state index is -4.47. The van der Waals surface area contributed by atoms with Crippen LogP contribution in [0.3, 0.4) is 0 Å². The third-order valence-electron chi connectivity index (χ3n) is 10.6. The van der Waals surface area contributed by atoms with Crippen LogP contribution < -0.4 is 4.74 Å². The maximum Gasteiger partial charge on any atom is 0.416 e. The third-order valence-corrected chi connectivity index (χ3v) is 10.6. The minimum Gasteiger partial charge on any atom is -0.504 e. The Balaban J connectivity index is 1.24. The fraction of sp³-hybridized carbons (Fsp3) is 0.531. The number of alkyl halides is 3. The number of phenols is 1. The van der Waals surface area contributed by atoms with E-state index in [9.17, 15) is 28.2 Å². The lowest BCUT2D eigenvalue weighted by Crippen LogP contribution is -2.80. The van der Waals surface area contributed by atoms with Gasteiger partial charge in [-0.15, -0.1) is 0 Å². The minimum absolute atomic E-state index is 0.0403. The van der Waals surface area contributed by atoms with Crippen LogP contribution in [0, 0.1) is 11.8 Å². The molecule has 2 heterocycles. The number of phenolic OH excluding ortho intramolecular Hbond substituents is 1. The molecular weight excluding hydrogens is 533 g/mol. The van der Waals surface area contributed by atoms with E-state index in [0.29, 0.717) is 30.9 Å². The van der Waals surface area contributed by atoms with Crippen molar-refractivity contribution in [1.29, 1.82) is 0 Å². The highest BCUT2D eigenvalue weighted by molar-refractivity contribution is 5.92. The SMILES string of the molecule is CC1CC(N(C)C(=O)/C=C/c2cccc(C(F)(F)F)c2)C2Oc3c(O)ccc4c3[C@@]23CCN(CC2CC2)[C@H](C4)[C@]13O. The summed E-state index contributed by atoms with van der Waals surface area (Å²) in [6.07, 6.45) is 1.97. The average molecular weight is 569 g/mol. The van der Waals surface area contributed by atoms with Crippen LogP contribution in [-0.2, 0) is 22.8 Å². The molecule has 3 unspecified atom stereocenters. The van der Waals surface area contributed by atoms with Crippen molar-refractivity contribution >= 4 is 12.0 Å². The van der Waals surface area contributed by atoms with Crippen molar-refractivity contribution in [2.45, 2.75) is 74.4 Å². The normalized spacial score (nSPS) is 33.9. The Bertz CT molecular complexity index is 1440. The molecule has 2 aliphatic heterocycles. The van der Waals surface area contributed by atoms with Gasteiger partial charge < -0.3 is 19.8 Å². The number of nitrogens with zero attached hydrogens (tertiary/aromatic N) is 2. The highest BCUT2D eigenvalue weighted by Gasteiger charge is 2.75. The molecule has 9 heteroatoms. The zero-order valence-corrected chi connectivity index (χ0v) is 23.2. The van der Waals surface area contributed by atoms with Crippen molar-refractivity contribution in [3.63, 3.8) is 0 Å². The zero-order chi connectivity index (χ0) is 28.9. The molecule has 2 N–H and O–H groups in total. The Hall–Kier alpha value is -3.04. The third kappa shape index (κ3) is 3.80. The summed E-state index contributed by atoms with van der Waals surface area (Å²) in [6.45, 7) is 3.84. The maximum atomic E-state index is 13.5. The number of likely N-dealkylation sites (N-methyl/N-ethyl adjacent to an activating group) is 1. The first-order valence-electron chi connectivity index (χ1n) is 14.6. The van der Waals surface area contributed by atoms with Crippen LogP contribution in [0.15, 0.2) is 42.5 Å². The van der Waals surface area contributed by atoms with Gasteiger partial charge in [0, 0.05) is 31.3 Å². The van der Waals surface area contributed by atoms with E-state index in [4.69, 9.17) is 4.74 Å². The van der Waals surface area contributed by atoms with Crippen LogP contribution in [0.5, 0.6) is 11.5 Å². The van der Waals surface area contributed by atoms with Gasteiger partial charge in [-0.05, 0) is 85.9 Å². The first-order chi connectivity index (χ1) is 19.4. The molecule has 2 aromatic carbocycles. The molecule has 7 rings (SSSR count). The van der Waals surface area contributed by atoms with E-state index >= 15 is 0 Å². The molecule has 1 spiro atoms. The molecule has 5 aliphatic rings. The molecule has 2 aromatic rings. The van der Waals surface area contributed by atoms with Crippen LogP contribution in [-0.4, -0.2) is 69.8 Å². The van der Waals surface area contributed by atoms with Crippen LogP contribution >= 0.6 is 0 Å². The van der Waals surface area contributed by atoms with Crippen molar-refractivity contribution < 1.29 is 32.9 Å². The lowest BCUT2D eigenvalue weighted by molar-refractivity contribution is -0.224. The first kappa shape index (κ1) is 26.8. The van der Waals surface area contributed by atoms with E-state index in [1.165, 1.54) is 37.1 Å². The van der Waals surface area contributed by atoms with Gasteiger partial charge in [-0.1, -0.05) is 25.1 Å². The number of likely N-dealkylation sites (tertiary alicyclic amines) is 1. The number of ether oxygens (including phenoxy) is 1. The van der Waals surface area contributed by atoms with Crippen molar-refractivity contribution in [2.75, 3.05) is 20.1 Å². The fourth-order valence-corrected chi connectivity index (χ4v) is 8.52. The van der Waals surface area contributed by atoms with Gasteiger partial charge in [-0.25, -0.2) is 0 Å². The topological polar surface area (TPSA) is 73.2 Å². The molecule has 1 amide bonds. The van der Waals surface area contributed by atoms with Gasteiger partial charge >= 0.3 is 6.18 Å². The lowest BCUT2D eigenvalue weighted by Gasteiger charge is -2.67. The number of carbonyl (C=O) groups excluding carboxylic acids is 1. The van der Waals surface area contributed by atoms with E-state index in [2.05, 4.69) is 11.8 Å². The van der Waals surface area contributed by atoms with Gasteiger partial charge in [-0.3, -0.25) is 9.69 Å². The summed E-state index contributed by atoms with van der Waals surface area (Å²) in [5.41, 5.74) is -0.381. The smallest absolute Gasteiger partial charge is 0.416 e. The van der Waals surface area contributed by atoms with Gasteiger partial charge in [0.05, 0.1) is 22.6 Å². The summed E-state index contributed by atoms with van der Waals surface area (Å²) in [6, 6.07) is 8.00. The lowest BCUT2D eigenvalue weighted by atomic mass is 9.45. The fourth-order valence-electron chi connectivity index (χ4n) is 8.52. The summed E-state index contributed by atoms with van der Waals surface area (Å²) >= 11 is 0. The van der Waals surface area contributed by atoms with E-state index in [-0.39, 0.29) is 29.2 Å². The highest BCUT2D eigenvalue weighted by Crippen LogP contribution is 2.67. The molecule has 2 saturated carbocycles. The van der Waals surface area contributed by atoms with E-state index in [0.717, 1.165) is 36.3 Å². The largest absolute Gasteiger partial charge is 0.504 e. The highest BCUT2D eigenvalue weighted by atomic mass is 19.4. The van der Waals surface area contributed by atoms with Crippen molar-refractivity contribution in [3.8, 4) is 11.5 Å². The van der Waals surface area contributed by atoms with Crippen LogP contribution in [0.1, 0.15) is 54.9 Å². The van der Waals surface area contributed by atoms with Crippen LogP contribution in [0.4, 0.5) is 13.2 Å². The number of benzene rings is 2. The summed E-state index contributed by atoms with van der Waals surface area (Å²) in [5.74, 6) is 0.615. The summed E-state index contributed by atoms with van der Waals surface area (Å²) in [4.78, 5) is 17.5. The van der Waals surface area contributed by atoms with Crippen molar-refractivity contribution in [2.24, 2.45) is 11.8 Å². The first-order valence-corrected chi connectivity index (χ1v) is 14.6. The van der Waals surface area contributed by atoms with Gasteiger partial charge in [0.2, 0.25) is 5.91 Å². The van der Waals surface area contributed by atoms with E-state index < -0.39 is 34.9 Å². The van der Waals surface area contributed by atoms with Crippen LogP contribution in [0.2, 0.25) is 0 Å². The Morgan fingerprint density at radius 1 is 1.24 bits per heavy atom. The second-order valence-corrected chi connectivity index (χ2v) is 12.8. The average Bonchev–Trinajstić information content (AvgIpc) is 3.68. The Kier molecular flexibility index (Phi) is 5.88. The number of amides is 1. The summed E-state index contributed by atoms with van der Waals surface area (Å²) < 4.78 is 46.1. The van der Waals surface area contributed by atoms with E-state index in [1.54, 1.807) is 18.0 Å². The Morgan fingerprint density at radius 2 is 2.02 bits per heavy atom. The Morgan fingerprint density at radius 3 is 2.76 bits per heavy atom. The molecule has 218 valence electrons. The molecule has 0 radical (unpaired) electrons. The number of halogens is 3. The van der Waals surface area contributed by atoms with Gasteiger partial charge in [0.25, 0.3) is 0 Å². The number of hydrogen-bond acceptors (Lipinski definition) is 5. The standard InChI is InChI=1S/C32H35F3N2O4/c1-18-14-23(36(2)26(39)11-8-19-4-3-5-22(15-19)32(33,34)35)29-30-12-13-37(17-20-6-7-20)25(31(18,30)40)16-21-9-10-24(38)28(41-29)27(21)30/h3-5,8-11,15,18,20,23,25,29,38,40H,6-7,12-14,16-17H2,1-2H3/b11-8+/t18?,23?,25-,29?,30+,31-/m1/s1. The molecule has 2 bridgehead atoms. The summed E-state index contributed by atoms with van der Waals surface area (Å²) in [7, 11) is 1.69. The Labute approximate surface area is 237 Å². The number of aliphatic hydroxyl groups is 1.